The van der Waals surface area contributed by atoms with Crippen molar-refractivity contribution in [3.63, 3.8) is 0 Å². The van der Waals surface area contributed by atoms with Gasteiger partial charge < -0.3 is 14.2 Å². The van der Waals surface area contributed by atoms with Gasteiger partial charge in [-0.15, -0.1) is 0 Å². The predicted octanol–water partition coefficient (Wildman–Crippen LogP) is 4.61. The Balaban J connectivity index is 1.37. The lowest BCUT2D eigenvalue weighted by Gasteiger charge is -2.25. The van der Waals surface area contributed by atoms with Crippen molar-refractivity contribution < 1.29 is 17.7 Å². The average molecular weight is 534 g/mol. The molecule has 0 spiro atoms. The van der Waals surface area contributed by atoms with Crippen LogP contribution in [-0.4, -0.2) is 60.7 Å². The summed E-state index contributed by atoms with van der Waals surface area (Å²) in [5, 5.41) is 13.7. The van der Waals surface area contributed by atoms with E-state index in [0.29, 0.717) is 47.8 Å². The Hall–Kier alpha value is -3.55. The highest BCUT2D eigenvalue weighted by Gasteiger charge is 2.26. The molecule has 2 aromatic carbocycles. The highest BCUT2D eigenvalue weighted by atomic mass is 32.2. The molecule has 1 saturated heterocycles. The summed E-state index contributed by atoms with van der Waals surface area (Å²) in [4.78, 5) is 6.79. The minimum absolute atomic E-state index is 0.0331. The molecule has 9 nitrogen and oxygen atoms in total. The van der Waals surface area contributed by atoms with E-state index in [9.17, 15) is 13.7 Å². The van der Waals surface area contributed by atoms with Crippen molar-refractivity contribution in [1.82, 2.24) is 15.0 Å². The van der Waals surface area contributed by atoms with Gasteiger partial charge in [-0.05, 0) is 76.4 Å². The standard InChI is InChI=1S/C28H31N5O4S/c1-19(2)36-26-12-9-20(17-21(26)18-29)28-30-27(31-37-28)24-8-6-7-23-22(24)10-11-25(23)32-38(34,35)16-15-33-13-4-3-5-14-33/h6-9,12,17,19H,3-5,10-11,13-16H2,1-2H3. The van der Waals surface area contributed by atoms with E-state index in [1.165, 1.54) is 6.42 Å². The van der Waals surface area contributed by atoms with Crippen molar-refractivity contribution in [2.24, 2.45) is 4.40 Å². The molecule has 1 aliphatic heterocycles. The first-order valence-electron chi connectivity index (χ1n) is 13.0. The predicted molar refractivity (Wildman–Crippen MR) is 145 cm³/mol. The van der Waals surface area contributed by atoms with Gasteiger partial charge in [-0.3, -0.25) is 0 Å². The molecule has 38 heavy (non-hydrogen) atoms. The van der Waals surface area contributed by atoms with Gasteiger partial charge in [0.1, 0.15) is 11.8 Å². The Morgan fingerprint density at radius 2 is 1.92 bits per heavy atom. The molecule has 2 heterocycles. The van der Waals surface area contributed by atoms with Crippen molar-refractivity contribution in [2.75, 3.05) is 25.4 Å². The SMILES string of the molecule is CC(C)Oc1ccc(-c2nc(-c3cccc4c3CCC4=NS(=O)(=O)CCN3CCCCC3)no2)cc1C#N. The first kappa shape index (κ1) is 26.1. The van der Waals surface area contributed by atoms with Crippen molar-refractivity contribution in [3.8, 4) is 34.7 Å². The van der Waals surface area contributed by atoms with Crippen molar-refractivity contribution in [2.45, 2.75) is 52.1 Å². The maximum Gasteiger partial charge on any atom is 0.258 e. The molecule has 5 rings (SSSR count). The second-order valence-corrected chi connectivity index (χ2v) is 11.7. The molecule has 0 amide bonds. The van der Waals surface area contributed by atoms with E-state index in [1.807, 2.05) is 32.0 Å². The third kappa shape index (κ3) is 5.79. The summed E-state index contributed by atoms with van der Waals surface area (Å²) in [6, 6.07) is 13.0. The zero-order chi connectivity index (χ0) is 26.7. The normalized spacial score (nSPS) is 17.1. The minimum atomic E-state index is -3.57. The second-order valence-electron chi connectivity index (χ2n) is 9.97. The minimum Gasteiger partial charge on any atom is -0.490 e. The van der Waals surface area contributed by atoms with Gasteiger partial charge in [-0.1, -0.05) is 29.8 Å². The number of ether oxygens (including phenoxy) is 1. The Morgan fingerprint density at radius 1 is 1.13 bits per heavy atom. The number of nitrogens with zero attached hydrogens (tertiary/aromatic N) is 5. The fourth-order valence-corrected chi connectivity index (χ4v) is 6.11. The molecular formula is C28H31N5O4S. The molecule has 0 bridgehead atoms. The summed E-state index contributed by atoms with van der Waals surface area (Å²) < 4.78 is 41.1. The Kier molecular flexibility index (Phi) is 7.58. The monoisotopic (exact) mass is 533 g/mol. The number of hydrogen-bond acceptors (Lipinski definition) is 8. The van der Waals surface area contributed by atoms with Crippen LogP contribution >= 0.6 is 0 Å². The average Bonchev–Trinajstić information content (AvgIpc) is 3.56. The summed E-state index contributed by atoms with van der Waals surface area (Å²) in [5.41, 5.74) is 4.16. The van der Waals surface area contributed by atoms with E-state index in [1.54, 1.807) is 18.2 Å². The van der Waals surface area contributed by atoms with Gasteiger partial charge >= 0.3 is 0 Å². The summed E-state index contributed by atoms with van der Waals surface area (Å²) in [6.07, 6.45) is 4.60. The number of piperidine rings is 1. The molecule has 1 aliphatic carbocycles. The molecule has 1 aromatic heterocycles. The molecule has 0 unspecified atom stereocenters. The van der Waals surface area contributed by atoms with Crippen LogP contribution in [-0.2, 0) is 16.4 Å². The van der Waals surface area contributed by atoms with Gasteiger partial charge in [-0.25, -0.2) is 8.42 Å². The largest absolute Gasteiger partial charge is 0.490 e. The van der Waals surface area contributed by atoms with E-state index in [0.717, 1.165) is 42.6 Å². The number of aromatic nitrogens is 2. The fraction of sp³-hybridized carbons (Fsp3) is 0.429. The first-order valence-corrected chi connectivity index (χ1v) is 14.7. The van der Waals surface area contributed by atoms with E-state index in [4.69, 9.17) is 9.26 Å². The number of sulfonamides is 1. The summed E-state index contributed by atoms with van der Waals surface area (Å²) in [7, 11) is -3.57. The molecule has 0 atom stereocenters. The molecule has 0 N–H and O–H groups in total. The quantitative estimate of drug-likeness (QED) is 0.411. The van der Waals surface area contributed by atoms with Crippen LogP contribution in [0.15, 0.2) is 45.3 Å². The molecular weight excluding hydrogens is 502 g/mol. The summed E-state index contributed by atoms with van der Waals surface area (Å²) in [6.45, 7) is 6.24. The van der Waals surface area contributed by atoms with Crippen molar-refractivity contribution >= 4 is 15.7 Å². The third-order valence-corrected chi connectivity index (χ3v) is 8.04. The van der Waals surface area contributed by atoms with Crippen molar-refractivity contribution in [1.29, 1.82) is 5.26 Å². The Labute approximate surface area is 223 Å². The van der Waals surface area contributed by atoms with Crippen LogP contribution in [0.2, 0.25) is 0 Å². The zero-order valence-corrected chi connectivity index (χ0v) is 22.5. The number of likely N-dealkylation sites (tertiary alicyclic amines) is 1. The molecule has 0 radical (unpaired) electrons. The molecule has 0 saturated carbocycles. The fourth-order valence-electron chi connectivity index (χ4n) is 5.01. The zero-order valence-electron chi connectivity index (χ0n) is 21.7. The van der Waals surface area contributed by atoms with Crippen LogP contribution in [0.1, 0.15) is 56.2 Å². The lowest BCUT2D eigenvalue weighted by Crippen LogP contribution is -2.33. The Morgan fingerprint density at radius 3 is 2.68 bits per heavy atom. The summed E-state index contributed by atoms with van der Waals surface area (Å²) in [5.74, 6) is 1.24. The Bertz CT molecular complexity index is 1500. The lowest BCUT2D eigenvalue weighted by molar-refractivity contribution is 0.241. The van der Waals surface area contributed by atoms with Crippen LogP contribution in [0.4, 0.5) is 0 Å². The molecule has 1 fully saturated rings. The van der Waals surface area contributed by atoms with Crippen LogP contribution in [0, 0.1) is 11.3 Å². The third-order valence-electron chi connectivity index (χ3n) is 6.84. The van der Waals surface area contributed by atoms with Gasteiger partial charge in [-0.2, -0.15) is 14.6 Å². The van der Waals surface area contributed by atoms with Gasteiger partial charge in [0.15, 0.2) is 0 Å². The van der Waals surface area contributed by atoms with E-state index < -0.39 is 10.0 Å². The second kappa shape index (κ2) is 11.1. The van der Waals surface area contributed by atoms with Crippen LogP contribution < -0.4 is 4.74 Å². The molecule has 198 valence electrons. The van der Waals surface area contributed by atoms with Gasteiger partial charge in [0, 0.05) is 23.2 Å². The van der Waals surface area contributed by atoms with Crippen LogP contribution in [0.25, 0.3) is 22.8 Å². The number of nitriles is 1. The van der Waals surface area contributed by atoms with Gasteiger partial charge in [0.25, 0.3) is 15.9 Å². The molecule has 2 aliphatic rings. The lowest BCUT2D eigenvalue weighted by atomic mass is 10.0. The maximum atomic E-state index is 12.8. The highest BCUT2D eigenvalue weighted by Crippen LogP contribution is 2.33. The molecule has 10 heteroatoms. The van der Waals surface area contributed by atoms with Crippen LogP contribution in [0.3, 0.4) is 0 Å². The number of hydrogen-bond donors (Lipinski definition) is 0. The van der Waals surface area contributed by atoms with E-state index in [-0.39, 0.29) is 17.7 Å². The summed E-state index contributed by atoms with van der Waals surface area (Å²) >= 11 is 0. The van der Waals surface area contributed by atoms with E-state index >= 15 is 0 Å². The first-order chi connectivity index (χ1) is 18.3. The number of benzene rings is 2. The number of rotatable bonds is 8. The highest BCUT2D eigenvalue weighted by molar-refractivity contribution is 7.90. The van der Waals surface area contributed by atoms with Gasteiger partial charge in [0.05, 0.1) is 23.1 Å². The van der Waals surface area contributed by atoms with Crippen LogP contribution in [0.5, 0.6) is 5.75 Å². The maximum absolute atomic E-state index is 12.8. The topological polar surface area (TPSA) is 122 Å². The number of fused-ring (bicyclic) bond motifs is 1. The smallest absolute Gasteiger partial charge is 0.258 e. The van der Waals surface area contributed by atoms with Gasteiger partial charge in [0.2, 0.25) is 5.82 Å². The van der Waals surface area contributed by atoms with Crippen molar-refractivity contribution in [3.05, 3.63) is 53.1 Å². The molecule has 3 aromatic rings. The van der Waals surface area contributed by atoms with E-state index in [2.05, 4.69) is 25.5 Å².